The maximum atomic E-state index is 6.48. The van der Waals surface area contributed by atoms with Crippen LogP contribution < -0.4 is 0 Å². The summed E-state index contributed by atoms with van der Waals surface area (Å²) in [4.78, 5) is 0. The van der Waals surface area contributed by atoms with Gasteiger partial charge in [-0.1, -0.05) is 111 Å². The molecule has 0 saturated heterocycles. The third kappa shape index (κ3) is 3.09. The summed E-state index contributed by atoms with van der Waals surface area (Å²) in [6, 6.07) is 49.0. The Kier molecular flexibility index (Phi) is 4.58. The number of benzene rings is 7. The van der Waals surface area contributed by atoms with Gasteiger partial charge in [0.2, 0.25) is 0 Å². The van der Waals surface area contributed by atoms with E-state index in [0.717, 1.165) is 11.2 Å². The van der Waals surface area contributed by atoms with E-state index in [9.17, 15) is 0 Å². The van der Waals surface area contributed by atoms with Gasteiger partial charge >= 0.3 is 0 Å². The lowest BCUT2D eigenvalue weighted by Crippen LogP contribution is -2.15. The van der Waals surface area contributed by atoms with Crippen molar-refractivity contribution in [1.82, 2.24) is 0 Å². The predicted molar refractivity (Wildman–Crippen MR) is 184 cm³/mol. The lowest BCUT2D eigenvalue weighted by Gasteiger charge is -2.23. The van der Waals surface area contributed by atoms with E-state index in [2.05, 4.69) is 147 Å². The molecule has 2 aliphatic rings. The van der Waals surface area contributed by atoms with Crippen LogP contribution >= 0.6 is 0 Å². The van der Waals surface area contributed by atoms with Gasteiger partial charge in [-0.05, 0) is 109 Å². The van der Waals surface area contributed by atoms with Crippen LogP contribution in [0, 0.1) is 0 Å². The van der Waals surface area contributed by atoms with E-state index in [0.29, 0.717) is 0 Å². The molecular weight excluding hydrogens is 532 g/mol. The van der Waals surface area contributed by atoms with E-state index >= 15 is 0 Å². The Morgan fingerprint density at radius 3 is 1.82 bits per heavy atom. The Hall–Kier alpha value is -5.40. The molecule has 1 nitrogen and oxygen atoms in total. The summed E-state index contributed by atoms with van der Waals surface area (Å²) >= 11 is 0. The van der Waals surface area contributed by atoms with Crippen LogP contribution in [0.25, 0.3) is 88.3 Å². The molecule has 0 aliphatic heterocycles. The number of hydrogen-bond donors (Lipinski definition) is 0. The molecule has 0 bridgehead atoms. The number of hydrogen-bond acceptors (Lipinski definition) is 1. The standard InChI is InChI=1S/C43H28O/c1-43(2)34-19-17-26-18-20-37-42-38(26)41(34)39-33(32-15-8-16-36(44-37)40(32)42)23-31(24-35(39)43)30-14-7-13-29(22-30)28-12-6-11-27(21-28)25-9-4-3-5-10-25/h3-24H,1-2H3. The van der Waals surface area contributed by atoms with Gasteiger partial charge in [-0.2, -0.15) is 0 Å². The predicted octanol–water partition coefficient (Wildman–Crippen LogP) is 12.0. The van der Waals surface area contributed by atoms with E-state index in [4.69, 9.17) is 4.42 Å². The first-order valence-electron chi connectivity index (χ1n) is 15.4. The van der Waals surface area contributed by atoms with Crippen molar-refractivity contribution >= 4 is 32.7 Å². The Labute approximate surface area is 256 Å². The van der Waals surface area contributed by atoms with Gasteiger partial charge in [-0.3, -0.25) is 0 Å². The van der Waals surface area contributed by atoms with Crippen LogP contribution in [0.2, 0.25) is 0 Å². The molecule has 2 aliphatic carbocycles. The van der Waals surface area contributed by atoms with Gasteiger partial charge in [0, 0.05) is 21.6 Å². The highest BCUT2D eigenvalue weighted by Gasteiger charge is 2.40. The Bertz CT molecular complexity index is 2510. The number of fused-ring (bicyclic) bond motifs is 1. The summed E-state index contributed by atoms with van der Waals surface area (Å²) in [5.74, 6) is 0. The minimum absolute atomic E-state index is 0.122. The van der Waals surface area contributed by atoms with Crippen molar-refractivity contribution in [2.75, 3.05) is 0 Å². The minimum atomic E-state index is -0.122. The van der Waals surface area contributed by atoms with Crippen molar-refractivity contribution in [3.8, 4) is 55.6 Å². The van der Waals surface area contributed by atoms with Gasteiger partial charge in [0.05, 0.1) is 0 Å². The first-order valence-corrected chi connectivity index (χ1v) is 15.4. The van der Waals surface area contributed by atoms with Crippen molar-refractivity contribution in [1.29, 1.82) is 0 Å². The van der Waals surface area contributed by atoms with Gasteiger partial charge < -0.3 is 4.42 Å². The van der Waals surface area contributed by atoms with Crippen LogP contribution in [-0.4, -0.2) is 0 Å². The Morgan fingerprint density at radius 1 is 0.409 bits per heavy atom. The zero-order valence-electron chi connectivity index (χ0n) is 24.6. The van der Waals surface area contributed by atoms with Crippen molar-refractivity contribution in [3.05, 3.63) is 145 Å². The topological polar surface area (TPSA) is 13.1 Å². The molecule has 0 radical (unpaired) electrons. The molecule has 10 rings (SSSR count). The van der Waals surface area contributed by atoms with E-state index in [-0.39, 0.29) is 5.41 Å². The molecule has 44 heavy (non-hydrogen) atoms. The SMILES string of the molecule is CC1(C)c2cc(-c3cccc(-c4cccc(-c5ccccc5)c4)c3)cc3c2-c2c1ccc1ccc4oc5cccc-3c5c4c21. The second-order valence-electron chi connectivity index (χ2n) is 12.9. The highest BCUT2D eigenvalue weighted by atomic mass is 16.3. The highest BCUT2D eigenvalue weighted by Crippen LogP contribution is 2.59. The summed E-state index contributed by atoms with van der Waals surface area (Å²) in [7, 11) is 0. The van der Waals surface area contributed by atoms with Crippen LogP contribution in [0.5, 0.6) is 0 Å². The summed E-state index contributed by atoms with van der Waals surface area (Å²) in [6.45, 7) is 4.78. The molecule has 0 unspecified atom stereocenters. The molecule has 0 spiro atoms. The van der Waals surface area contributed by atoms with E-state index in [1.165, 1.54) is 88.3 Å². The normalized spacial score (nSPS) is 13.9. The van der Waals surface area contributed by atoms with Crippen molar-refractivity contribution < 1.29 is 4.42 Å². The quantitative estimate of drug-likeness (QED) is 0.209. The average molecular weight is 561 g/mol. The van der Waals surface area contributed by atoms with Gasteiger partial charge in [-0.15, -0.1) is 0 Å². The fourth-order valence-electron chi connectivity index (χ4n) is 8.05. The molecule has 1 heterocycles. The Morgan fingerprint density at radius 2 is 1.05 bits per heavy atom. The summed E-state index contributed by atoms with van der Waals surface area (Å²) in [5, 5.41) is 5.11. The van der Waals surface area contributed by atoms with E-state index < -0.39 is 0 Å². The second-order valence-corrected chi connectivity index (χ2v) is 12.9. The lowest BCUT2D eigenvalue weighted by atomic mass is 9.79. The molecule has 206 valence electrons. The van der Waals surface area contributed by atoms with Gasteiger partial charge in [-0.25, -0.2) is 0 Å². The molecular formula is C43H28O. The monoisotopic (exact) mass is 560 g/mol. The summed E-state index contributed by atoms with van der Waals surface area (Å²) < 4.78 is 6.48. The first-order chi connectivity index (χ1) is 21.6. The molecule has 1 heteroatoms. The zero-order valence-corrected chi connectivity index (χ0v) is 24.6. The van der Waals surface area contributed by atoms with Gasteiger partial charge in [0.25, 0.3) is 0 Å². The molecule has 0 atom stereocenters. The van der Waals surface area contributed by atoms with Crippen molar-refractivity contribution in [2.45, 2.75) is 19.3 Å². The fourth-order valence-corrected chi connectivity index (χ4v) is 8.05. The lowest BCUT2D eigenvalue weighted by molar-refractivity contribution is 0.661. The smallest absolute Gasteiger partial charge is 0.136 e. The first kappa shape index (κ1) is 24.1. The third-order valence-corrected chi connectivity index (χ3v) is 10.2. The van der Waals surface area contributed by atoms with Gasteiger partial charge in [0.1, 0.15) is 11.2 Å². The maximum absolute atomic E-state index is 6.48. The zero-order chi connectivity index (χ0) is 29.2. The summed E-state index contributed by atoms with van der Waals surface area (Å²) in [6.07, 6.45) is 0. The van der Waals surface area contributed by atoms with E-state index in [1.54, 1.807) is 0 Å². The molecule has 0 N–H and O–H groups in total. The third-order valence-electron chi connectivity index (χ3n) is 10.2. The van der Waals surface area contributed by atoms with Crippen LogP contribution in [0.4, 0.5) is 0 Å². The molecule has 0 amide bonds. The van der Waals surface area contributed by atoms with Crippen molar-refractivity contribution in [2.24, 2.45) is 0 Å². The largest absolute Gasteiger partial charge is 0.456 e. The molecule has 7 aromatic carbocycles. The number of rotatable bonds is 3. The van der Waals surface area contributed by atoms with Crippen LogP contribution in [0.15, 0.2) is 138 Å². The van der Waals surface area contributed by atoms with Crippen LogP contribution in [-0.2, 0) is 5.41 Å². The van der Waals surface area contributed by atoms with E-state index in [1.807, 2.05) is 0 Å². The summed E-state index contributed by atoms with van der Waals surface area (Å²) in [5.41, 5.74) is 17.4. The van der Waals surface area contributed by atoms with Gasteiger partial charge in [0.15, 0.2) is 0 Å². The fraction of sp³-hybridized carbons (Fsp3) is 0.0698. The minimum Gasteiger partial charge on any atom is -0.456 e. The van der Waals surface area contributed by atoms with Crippen molar-refractivity contribution in [3.63, 3.8) is 0 Å². The Balaban J connectivity index is 1.23. The van der Waals surface area contributed by atoms with Crippen LogP contribution in [0.3, 0.4) is 0 Å². The highest BCUT2D eigenvalue weighted by molar-refractivity contribution is 6.30. The number of furan rings is 1. The average Bonchev–Trinajstić information content (AvgIpc) is 3.52. The van der Waals surface area contributed by atoms with Crippen LogP contribution in [0.1, 0.15) is 25.0 Å². The molecule has 1 aromatic heterocycles. The maximum Gasteiger partial charge on any atom is 0.136 e. The molecule has 8 aromatic rings. The second kappa shape index (κ2) is 8.36. The molecule has 0 saturated carbocycles. The molecule has 0 fully saturated rings.